The summed E-state index contributed by atoms with van der Waals surface area (Å²) in [5, 5.41) is 5.03. The Morgan fingerprint density at radius 2 is 1.72 bits per heavy atom. The number of ether oxygens (including phenoxy) is 3. The molecule has 0 bridgehead atoms. The van der Waals surface area contributed by atoms with E-state index in [2.05, 4.69) is 10.6 Å². The van der Waals surface area contributed by atoms with E-state index in [4.69, 9.17) is 14.2 Å². The number of rotatable bonds is 12. The number of anilines is 1. The number of nitrogens with one attached hydrogen (secondary N) is 2. The Morgan fingerprint density at radius 1 is 0.972 bits per heavy atom. The smallest absolute Gasteiger partial charge is 0.255 e. The summed E-state index contributed by atoms with van der Waals surface area (Å²) in [6.07, 6.45) is 0.501. The number of benzene rings is 2. The maximum Gasteiger partial charge on any atom is 0.255 e. The monoisotopic (exact) mass is 495 g/mol. The Bertz CT molecular complexity index is 1110. The van der Waals surface area contributed by atoms with Gasteiger partial charge in [0.15, 0.2) is 0 Å². The van der Waals surface area contributed by atoms with Gasteiger partial charge >= 0.3 is 0 Å². The highest BCUT2D eigenvalue weighted by Gasteiger charge is 2.39. The molecule has 0 aliphatic carbocycles. The third kappa shape index (κ3) is 6.75. The van der Waals surface area contributed by atoms with E-state index in [-0.39, 0.29) is 43.9 Å². The Balaban J connectivity index is 1.12. The van der Waals surface area contributed by atoms with Gasteiger partial charge in [-0.2, -0.15) is 0 Å². The molecule has 190 valence electrons. The zero-order valence-electron chi connectivity index (χ0n) is 19.9. The lowest BCUT2D eigenvalue weighted by molar-refractivity contribution is -0.137. The average molecular weight is 496 g/mol. The van der Waals surface area contributed by atoms with Crippen LogP contribution in [0.5, 0.6) is 0 Å². The summed E-state index contributed by atoms with van der Waals surface area (Å²) < 4.78 is 16.3. The third-order valence-corrected chi connectivity index (χ3v) is 5.90. The fourth-order valence-electron chi connectivity index (χ4n) is 4.12. The molecule has 1 unspecified atom stereocenters. The molecule has 4 rings (SSSR count). The standard InChI is InChI=1S/C26H29N3O7/c30-23-9-8-22(25(32)28-23)29-15-19-14-20(6-7-21(19)26(29)33)27-24(31)17-36-13-11-34-10-12-35-16-18-4-2-1-3-5-18/h1-7,14,22H,8-13,15-17H2,(H,27,31)(H,28,30,32). The van der Waals surface area contributed by atoms with E-state index in [9.17, 15) is 19.2 Å². The van der Waals surface area contributed by atoms with Crippen LogP contribution in [0, 0.1) is 0 Å². The van der Waals surface area contributed by atoms with E-state index in [1.165, 1.54) is 4.90 Å². The quantitative estimate of drug-likeness (QED) is 0.339. The van der Waals surface area contributed by atoms with Crippen LogP contribution in [0.15, 0.2) is 48.5 Å². The van der Waals surface area contributed by atoms with Crippen LogP contribution in [0.2, 0.25) is 0 Å². The van der Waals surface area contributed by atoms with Crippen LogP contribution < -0.4 is 10.6 Å². The molecule has 0 spiro atoms. The van der Waals surface area contributed by atoms with Crippen LogP contribution >= 0.6 is 0 Å². The lowest BCUT2D eigenvalue weighted by Gasteiger charge is -2.29. The fourth-order valence-corrected chi connectivity index (χ4v) is 4.12. The van der Waals surface area contributed by atoms with Gasteiger partial charge in [0.1, 0.15) is 12.6 Å². The highest BCUT2D eigenvalue weighted by Crippen LogP contribution is 2.29. The van der Waals surface area contributed by atoms with Crippen LogP contribution in [-0.2, 0) is 41.7 Å². The second-order valence-electron chi connectivity index (χ2n) is 8.52. The molecule has 2 aromatic carbocycles. The van der Waals surface area contributed by atoms with E-state index >= 15 is 0 Å². The predicted molar refractivity (Wildman–Crippen MR) is 129 cm³/mol. The van der Waals surface area contributed by atoms with Crippen LogP contribution in [0.1, 0.15) is 34.3 Å². The number of piperidine rings is 1. The minimum atomic E-state index is -0.674. The van der Waals surface area contributed by atoms with Crippen molar-refractivity contribution in [1.29, 1.82) is 0 Å². The molecule has 0 radical (unpaired) electrons. The zero-order valence-corrected chi connectivity index (χ0v) is 19.9. The largest absolute Gasteiger partial charge is 0.377 e. The summed E-state index contributed by atoms with van der Waals surface area (Å²) in [4.78, 5) is 50.0. The van der Waals surface area contributed by atoms with Gasteiger partial charge in [-0.25, -0.2) is 0 Å². The lowest BCUT2D eigenvalue weighted by Crippen LogP contribution is -2.52. The van der Waals surface area contributed by atoms with Crippen molar-refractivity contribution >= 4 is 29.3 Å². The van der Waals surface area contributed by atoms with Crippen molar-refractivity contribution in [2.75, 3.05) is 38.4 Å². The fraction of sp³-hybridized carbons (Fsp3) is 0.385. The molecular formula is C26H29N3O7. The topological polar surface area (TPSA) is 123 Å². The minimum Gasteiger partial charge on any atom is -0.377 e. The van der Waals surface area contributed by atoms with Crippen molar-refractivity contribution in [2.24, 2.45) is 0 Å². The summed E-state index contributed by atoms with van der Waals surface area (Å²) >= 11 is 0. The van der Waals surface area contributed by atoms with Gasteiger partial charge in [-0.05, 0) is 35.7 Å². The summed E-state index contributed by atoms with van der Waals surface area (Å²) in [6.45, 7) is 2.17. The Labute approximate surface area is 208 Å². The number of imide groups is 1. The number of hydrogen-bond acceptors (Lipinski definition) is 7. The molecule has 1 saturated heterocycles. The summed E-state index contributed by atoms with van der Waals surface area (Å²) in [5.41, 5.74) is 2.84. The molecule has 2 N–H and O–H groups in total. The molecule has 2 aliphatic heterocycles. The highest BCUT2D eigenvalue weighted by molar-refractivity contribution is 6.05. The van der Waals surface area contributed by atoms with Crippen LogP contribution in [-0.4, -0.2) is 67.6 Å². The number of carbonyl (C=O) groups is 4. The normalized spacial score (nSPS) is 17.2. The molecule has 2 heterocycles. The van der Waals surface area contributed by atoms with Gasteiger partial charge in [0.2, 0.25) is 17.7 Å². The van der Waals surface area contributed by atoms with Crippen molar-refractivity contribution in [3.63, 3.8) is 0 Å². The number of carbonyl (C=O) groups excluding carboxylic acids is 4. The van der Waals surface area contributed by atoms with Gasteiger partial charge in [0.25, 0.3) is 5.91 Å². The molecule has 2 aromatic rings. The van der Waals surface area contributed by atoms with E-state index < -0.39 is 11.9 Å². The number of fused-ring (bicyclic) bond motifs is 1. The van der Waals surface area contributed by atoms with E-state index in [0.717, 1.165) is 5.56 Å². The van der Waals surface area contributed by atoms with Gasteiger partial charge in [0.05, 0.1) is 33.0 Å². The first-order chi connectivity index (χ1) is 17.5. The Kier molecular flexibility index (Phi) is 8.77. The van der Waals surface area contributed by atoms with Crippen molar-refractivity contribution in [3.05, 3.63) is 65.2 Å². The highest BCUT2D eigenvalue weighted by atomic mass is 16.5. The second-order valence-corrected chi connectivity index (χ2v) is 8.52. The van der Waals surface area contributed by atoms with Crippen molar-refractivity contribution in [3.8, 4) is 0 Å². The predicted octanol–water partition coefficient (Wildman–Crippen LogP) is 1.64. The minimum absolute atomic E-state index is 0.133. The Morgan fingerprint density at radius 3 is 2.50 bits per heavy atom. The maximum absolute atomic E-state index is 12.7. The van der Waals surface area contributed by atoms with Crippen molar-refractivity contribution in [1.82, 2.24) is 10.2 Å². The van der Waals surface area contributed by atoms with Gasteiger partial charge in [-0.15, -0.1) is 0 Å². The molecule has 0 aromatic heterocycles. The average Bonchev–Trinajstić information content (AvgIpc) is 3.19. The number of hydrogen-bond donors (Lipinski definition) is 2. The molecule has 10 nitrogen and oxygen atoms in total. The van der Waals surface area contributed by atoms with E-state index in [1.807, 2.05) is 30.3 Å². The van der Waals surface area contributed by atoms with E-state index in [0.29, 0.717) is 49.7 Å². The molecule has 36 heavy (non-hydrogen) atoms. The first-order valence-corrected chi connectivity index (χ1v) is 11.9. The van der Waals surface area contributed by atoms with Gasteiger partial charge in [0, 0.05) is 24.2 Å². The molecule has 0 saturated carbocycles. The van der Waals surface area contributed by atoms with E-state index in [1.54, 1.807) is 18.2 Å². The third-order valence-electron chi connectivity index (χ3n) is 5.90. The molecule has 2 aliphatic rings. The zero-order chi connectivity index (χ0) is 25.3. The SMILES string of the molecule is O=C1CCC(N2Cc3cc(NC(=O)COCCOCCOCc4ccccc4)ccc3C2=O)C(=O)N1. The number of amides is 4. The van der Waals surface area contributed by atoms with Crippen molar-refractivity contribution < 1.29 is 33.4 Å². The molecule has 4 amide bonds. The summed E-state index contributed by atoms with van der Waals surface area (Å²) in [6, 6.07) is 14.2. The van der Waals surface area contributed by atoms with Crippen LogP contribution in [0.25, 0.3) is 0 Å². The summed E-state index contributed by atoms with van der Waals surface area (Å²) in [5.74, 6) is -1.37. The molecular weight excluding hydrogens is 466 g/mol. The van der Waals surface area contributed by atoms with Gasteiger partial charge in [-0.1, -0.05) is 30.3 Å². The van der Waals surface area contributed by atoms with Crippen LogP contribution in [0.4, 0.5) is 5.69 Å². The molecule has 10 heteroatoms. The lowest BCUT2D eigenvalue weighted by atomic mass is 10.0. The Hall–Kier alpha value is -3.60. The second kappa shape index (κ2) is 12.4. The summed E-state index contributed by atoms with van der Waals surface area (Å²) in [7, 11) is 0. The number of nitrogens with zero attached hydrogens (tertiary/aromatic N) is 1. The van der Waals surface area contributed by atoms with Gasteiger partial charge < -0.3 is 24.4 Å². The first kappa shape index (κ1) is 25.5. The molecule has 1 fully saturated rings. The maximum atomic E-state index is 12.7. The molecule has 1 atom stereocenters. The first-order valence-electron chi connectivity index (χ1n) is 11.9. The van der Waals surface area contributed by atoms with Gasteiger partial charge in [-0.3, -0.25) is 24.5 Å². The van der Waals surface area contributed by atoms with Crippen LogP contribution in [0.3, 0.4) is 0 Å². The van der Waals surface area contributed by atoms with Crippen molar-refractivity contribution in [2.45, 2.75) is 32.0 Å².